The second kappa shape index (κ2) is 3.43. The van der Waals surface area contributed by atoms with Gasteiger partial charge in [0.25, 0.3) is 0 Å². The van der Waals surface area contributed by atoms with E-state index in [1.807, 2.05) is 20.8 Å². The number of hydrogen-bond donors (Lipinski definition) is 2. The Bertz CT molecular complexity index is 277. The lowest BCUT2D eigenvalue weighted by molar-refractivity contribution is 0.236. The molecule has 74 valence electrons. The summed E-state index contributed by atoms with van der Waals surface area (Å²) in [5.74, 6) is 0.888. The van der Waals surface area contributed by atoms with Crippen LogP contribution in [0.3, 0.4) is 0 Å². The molecule has 0 radical (unpaired) electrons. The first-order chi connectivity index (χ1) is 5.95. The van der Waals surface area contributed by atoms with Crippen molar-refractivity contribution in [3.05, 3.63) is 11.7 Å². The molecule has 0 bridgehead atoms. The van der Waals surface area contributed by atoms with Gasteiger partial charge in [-0.2, -0.15) is 4.98 Å². The lowest BCUT2D eigenvalue weighted by Gasteiger charge is -2.11. The third-order valence-corrected chi connectivity index (χ3v) is 1.63. The van der Waals surface area contributed by atoms with Crippen LogP contribution in [0, 0.1) is 0 Å². The van der Waals surface area contributed by atoms with Crippen molar-refractivity contribution in [2.24, 2.45) is 5.73 Å². The normalized spacial score (nSPS) is 14.5. The number of rotatable bonds is 2. The van der Waals surface area contributed by atoms with Crippen molar-refractivity contribution in [3.63, 3.8) is 0 Å². The van der Waals surface area contributed by atoms with Crippen molar-refractivity contribution in [2.45, 2.75) is 32.2 Å². The highest BCUT2D eigenvalue weighted by Gasteiger charge is 2.22. The maximum absolute atomic E-state index is 8.75. The van der Waals surface area contributed by atoms with Crippen LogP contribution in [-0.2, 0) is 5.41 Å². The molecule has 5 nitrogen and oxygen atoms in total. The van der Waals surface area contributed by atoms with E-state index in [1.165, 1.54) is 0 Å². The fraction of sp³-hybridized carbons (Fsp3) is 0.750. The van der Waals surface area contributed by atoms with Crippen molar-refractivity contribution in [3.8, 4) is 0 Å². The average molecular weight is 185 g/mol. The molecule has 0 unspecified atom stereocenters. The van der Waals surface area contributed by atoms with Crippen molar-refractivity contribution in [1.82, 2.24) is 10.1 Å². The van der Waals surface area contributed by atoms with E-state index in [0.29, 0.717) is 5.82 Å². The molecule has 0 aromatic carbocycles. The zero-order valence-corrected chi connectivity index (χ0v) is 8.11. The molecule has 1 rings (SSSR count). The van der Waals surface area contributed by atoms with Gasteiger partial charge in [0.1, 0.15) is 6.04 Å². The molecular formula is C8H15N3O2. The summed E-state index contributed by atoms with van der Waals surface area (Å²) < 4.78 is 4.90. The van der Waals surface area contributed by atoms with Crippen LogP contribution in [0.15, 0.2) is 4.52 Å². The average Bonchev–Trinajstić information content (AvgIpc) is 2.50. The van der Waals surface area contributed by atoms with Gasteiger partial charge >= 0.3 is 0 Å². The number of nitrogens with zero attached hydrogens (tertiary/aromatic N) is 2. The highest BCUT2D eigenvalue weighted by molar-refractivity contribution is 5.01. The molecule has 1 aromatic heterocycles. The number of nitrogens with two attached hydrogens (primary N) is 1. The maximum Gasteiger partial charge on any atom is 0.245 e. The van der Waals surface area contributed by atoms with Gasteiger partial charge in [-0.15, -0.1) is 0 Å². The standard InChI is InChI=1S/C8H15N3O2/c1-8(2,3)7-10-6(13-11-7)5(9)4-12/h5,12H,4,9H2,1-3H3/t5-/m0/s1. The first-order valence-electron chi connectivity index (χ1n) is 4.15. The Morgan fingerprint density at radius 1 is 1.54 bits per heavy atom. The van der Waals surface area contributed by atoms with Crippen LogP contribution in [0.1, 0.15) is 38.5 Å². The Kier molecular flexibility index (Phi) is 2.68. The predicted molar refractivity (Wildman–Crippen MR) is 47.0 cm³/mol. The van der Waals surface area contributed by atoms with E-state index in [9.17, 15) is 0 Å². The first-order valence-corrected chi connectivity index (χ1v) is 4.15. The summed E-state index contributed by atoms with van der Waals surface area (Å²) in [6, 6.07) is -0.580. The molecule has 1 atom stereocenters. The van der Waals surface area contributed by atoms with Gasteiger partial charge in [-0.3, -0.25) is 0 Å². The van der Waals surface area contributed by atoms with Gasteiger partial charge in [-0.05, 0) is 0 Å². The molecule has 3 N–H and O–H groups in total. The summed E-state index contributed by atoms with van der Waals surface area (Å²) in [6.45, 7) is 5.75. The zero-order valence-electron chi connectivity index (χ0n) is 8.11. The van der Waals surface area contributed by atoms with E-state index in [0.717, 1.165) is 0 Å². The smallest absolute Gasteiger partial charge is 0.245 e. The Balaban J connectivity index is 2.87. The molecule has 0 aliphatic rings. The van der Waals surface area contributed by atoms with Gasteiger partial charge in [0.05, 0.1) is 6.61 Å². The quantitative estimate of drug-likeness (QED) is 0.694. The highest BCUT2D eigenvalue weighted by Crippen LogP contribution is 2.19. The second-order valence-corrected chi connectivity index (χ2v) is 4.00. The second-order valence-electron chi connectivity index (χ2n) is 4.00. The van der Waals surface area contributed by atoms with Gasteiger partial charge in [-0.25, -0.2) is 0 Å². The maximum atomic E-state index is 8.75. The summed E-state index contributed by atoms with van der Waals surface area (Å²) in [4.78, 5) is 4.09. The molecule has 13 heavy (non-hydrogen) atoms. The minimum atomic E-state index is -0.580. The van der Waals surface area contributed by atoms with Crippen molar-refractivity contribution < 1.29 is 9.63 Å². The van der Waals surface area contributed by atoms with Crippen LogP contribution in [0.2, 0.25) is 0 Å². The SMILES string of the molecule is CC(C)(C)c1noc([C@@H](N)CO)n1. The van der Waals surface area contributed by atoms with Crippen molar-refractivity contribution in [2.75, 3.05) is 6.61 Å². The third kappa shape index (κ3) is 2.26. The predicted octanol–water partition coefficient (Wildman–Crippen LogP) is 0.359. The van der Waals surface area contributed by atoms with Gasteiger partial charge < -0.3 is 15.4 Å². The Labute approximate surface area is 76.9 Å². The Morgan fingerprint density at radius 3 is 2.54 bits per heavy atom. The molecule has 1 heterocycles. The van der Waals surface area contributed by atoms with Crippen LogP contribution >= 0.6 is 0 Å². The van der Waals surface area contributed by atoms with E-state index in [-0.39, 0.29) is 17.9 Å². The minimum Gasteiger partial charge on any atom is -0.394 e. The zero-order chi connectivity index (χ0) is 10.1. The van der Waals surface area contributed by atoms with Crippen LogP contribution in [0.25, 0.3) is 0 Å². The van der Waals surface area contributed by atoms with E-state index in [4.69, 9.17) is 15.4 Å². The molecule has 0 saturated carbocycles. The van der Waals surface area contributed by atoms with E-state index < -0.39 is 6.04 Å². The Hall–Kier alpha value is -0.940. The Morgan fingerprint density at radius 2 is 2.15 bits per heavy atom. The van der Waals surface area contributed by atoms with Crippen LogP contribution in [0.4, 0.5) is 0 Å². The summed E-state index contributed by atoms with van der Waals surface area (Å²) in [6.07, 6.45) is 0. The van der Waals surface area contributed by atoms with Crippen LogP contribution < -0.4 is 5.73 Å². The summed E-state index contributed by atoms with van der Waals surface area (Å²) in [5.41, 5.74) is 5.35. The molecule has 0 aliphatic heterocycles. The highest BCUT2D eigenvalue weighted by atomic mass is 16.5. The van der Waals surface area contributed by atoms with Gasteiger partial charge in [0.2, 0.25) is 5.89 Å². The van der Waals surface area contributed by atoms with Gasteiger partial charge in [-0.1, -0.05) is 25.9 Å². The topological polar surface area (TPSA) is 85.2 Å². The number of aliphatic hydroxyl groups excluding tert-OH is 1. The summed E-state index contributed by atoms with van der Waals surface area (Å²) in [5, 5.41) is 12.5. The molecule has 0 saturated heterocycles. The van der Waals surface area contributed by atoms with Crippen molar-refractivity contribution in [1.29, 1.82) is 0 Å². The van der Waals surface area contributed by atoms with E-state index in [2.05, 4.69) is 10.1 Å². The van der Waals surface area contributed by atoms with Gasteiger partial charge in [0.15, 0.2) is 5.82 Å². The molecule has 5 heteroatoms. The number of aromatic nitrogens is 2. The summed E-state index contributed by atoms with van der Waals surface area (Å²) in [7, 11) is 0. The lowest BCUT2D eigenvalue weighted by Crippen LogP contribution is -2.17. The van der Waals surface area contributed by atoms with Crippen LogP contribution in [0.5, 0.6) is 0 Å². The molecule has 0 amide bonds. The number of aliphatic hydroxyl groups is 1. The fourth-order valence-corrected chi connectivity index (χ4v) is 0.769. The van der Waals surface area contributed by atoms with Crippen LogP contribution in [-0.4, -0.2) is 21.9 Å². The molecule has 0 aliphatic carbocycles. The minimum absolute atomic E-state index is 0.156. The van der Waals surface area contributed by atoms with Crippen molar-refractivity contribution >= 4 is 0 Å². The van der Waals surface area contributed by atoms with E-state index >= 15 is 0 Å². The summed E-state index contributed by atoms with van der Waals surface area (Å²) >= 11 is 0. The monoisotopic (exact) mass is 185 g/mol. The molecular weight excluding hydrogens is 170 g/mol. The fourth-order valence-electron chi connectivity index (χ4n) is 0.769. The molecule has 0 spiro atoms. The van der Waals surface area contributed by atoms with E-state index in [1.54, 1.807) is 0 Å². The number of hydrogen-bond acceptors (Lipinski definition) is 5. The third-order valence-electron chi connectivity index (χ3n) is 1.63. The van der Waals surface area contributed by atoms with Gasteiger partial charge in [0, 0.05) is 5.41 Å². The lowest BCUT2D eigenvalue weighted by atomic mass is 9.96. The molecule has 1 aromatic rings. The largest absolute Gasteiger partial charge is 0.394 e. The molecule has 0 fully saturated rings. The first kappa shape index (κ1) is 10.1.